The van der Waals surface area contributed by atoms with E-state index in [-0.39, 0.29) is 27.6 Å². The maximum absolute atomic E-state index is 12.9. The molecule has 0 aliphatic carbocycles. The summed E-state index contributed by atoms with van der Waals surface area (Å²) in [6.45, 7) is 1.12. The fourth-order valence-electron chi connectivity index (χ4n) is 2.48. The minimum absolute atomic E-state index is 0.00229. The highest BCUT2D eigenvalue weighted by Gasteiger charge is 2.30. The molecule has 2 rings (SSSR count). The minimum Gasteiger partial charge on any atom is -0.493 e. The number of halogens is 4. The summed E-state index contributed by atoms with van der Waals surface area (Å²) in [6, 6.07) is 6.58. The lowest BCUT2D eigenvalue weighted by atomic mass is 10.0. The molecule has 2 aromatic rings. The Labute approximate surface area is 169 Å². The van der Waals surface area contributed by atoms with Gasteiger partial charge in [-0.25, -0.2) is 0 Å². The van der Waals surface area contributed by atoms with E-state index in [1.165, 1.54) is 31.4 Å². The van der Waals surface area contributed by atoms with Crippen LogP contribution < -0.4 is 20.5 Å². The van der Waals surface area contributed by atoms with Crippen molar-refractivity contribution in [1.82, 2.24) is 5.32 Å². The van der Waals surface area contributed by atoms with E-state index in [1.807, 2.05) is 0 Å². The van der Waals surface area contributed by atoms with E-state index in [0.717, 1.165) is 12.1 Å². The maximum Gasteiger partial charge on any atom is 0.416 e. The van der Waals surface area contributed by atoms with Gasteiger partial charge in [0.05, 0.1) is 23.7 Å². The predicted octanol–water partition coefficient (Wildman–Crippen LogP) is 3.72. The molecule has 156 valence electrons. The molecule has 29 heavy (non-hydrogen) atoms. The zero-order valence-electron chi connectivity index (χ0n) is 15.5. The number of rotatable bonds is 7. The molecule has 1 unspecified atom stereocenters. The van der Waals surface area contributed by atoms with Gasteiger partial charge in [0, 0.05) is 5.56 Å². The summed E-state index contributed by atoms with van der Waals surface area (Å²) in [7, 11) is 1.32. The number of hydrogen-bond acceptors (Lipinski definition) is 4. The van der Waals surface area contributed by atoms with E-state index in [2.05, 4.69) is 5.32 Å². The third-order valence-electron chi connectivity index (χ3n) is 3.91. The Hall–Kier alpha value is -2.94. The van der Waals surface area contributed by atoms with E-state index >= 15 is 0 Å². The Balaban J connectivity index is 2.22. The zero-order chi connectivity index (χ0) is 21.8. The molecule has 1 atom stereocenters. The van der Waals surface area contributed by atoms with Gasteiger partial charge in [-0.05, 0) is 36.8 Å². The molecule has 0 spiro atoms. The summed E-state index contributed by atoms with van der Waals surface area (Å²) in [5, 5.41) is 2.61. The number of benzene rings is 2. The molecular weight excluding hydrogens is 413 g/mol. The zero-order valence-corrected chi connectivity index (χ0v) is 16.2. The molecule has 0 fully saturated rings. The van der Waals surface area contributed by atoms with E-state index in [0.29, 0.717) is 0 Å². The molecule has 0 aliphatic heterocycles. The van der Waals surface area contributed by atoms with Crippen molar-refractivity contribution in [2.45, 2.75) is 19.1 Å². The second-order valence-corrected chi connectivity index (χ2v) is 6.47. The van der Waals surface area contributed by atoms with Crippen LogP contribution in [0.4, 0.5) is 13.2 Å². The molecule has 0 radical (unpaired) electrons. The van der Waals surface area contributed by atoms with Gasteiger partial charge in [0.25, 0.3) is 11.8 Å². The Morgan fingerprint density at radius 3 is 2.52 bits per heavy atom. The van der Waals surface area contributed by atoms with Gasteiger partial charge in [-0.3, -0.25) is 9.59 Å². The highest BCUT2D eigenvalue weighted by atomic mass is 35.5. The Kier molecular flexibility index (Phi) is 6.97. The summed E-state index contributed by atoms with van der Waals surface area (Å²) in [4.78, 5) is 23.4. The van der Waals surface area contributed by atoms with Crippen LogP contribution in [-0.2, 0) is 11.0 Å². The van der Waals surface area contributed by atoms with Crippen molar-refractivity contribution in [1.29, 1.82) is 0 Å². The summed E-state index contributed by atoms with van der Waals surface area (Å²) >= 11 is 6.10. The summed E-state index contributed by atoms with van der Waals surface area (Å²) in [5.41, 5.74) is 4.60. The number of amides is 2. The molecule has 2 aromatic carbocycles. The van der Waals surface area contributed by atoms with Crippen LogP contribution in [0.5, 0.6) is 11.5 Å². The van der Waals surface area contributed by atoms with Crippen molar-refractivity contribution in [3.8, 4) is 11.5 Å². The van der Waals surface area contributed by atoms with Crippen molar-refractivity contribution in [2.75, 3.05) is 13.7 Å². The van der Waals surface area contributed by atoms with Gasteiger partial charge in [0.2, 0.25) is 0 Å². The topological polar surface area (TPSA) is 90.7 Å². The number of alkyl halides is 3. The molecule has 0 bridgehead atoms. The summed E-state index contributed by atoms with van der Waals surface area (Å²) in [6.07, 6.45) is -4.48. The molecule has 10 heteroatoms. The smallest absolute Gasteiger partial charge is 0.416 e. The SMILES string of the molecule is COc1cc(C(=O)NC(C)c2cccc(C(F)(F)F)c2)cc(Cl)c1OCC(N)=O. The number of methoxy groups -OCH3 is 1. The van der Waals surface area contributed by atoms with Gasteiger partial charge in [0.1, 0.15) is 0 Å². The normalized spacial score (nSPS) is 12.2. The van der Waals surface area contributed by atoms with Crippen molar-refractivity contribution in [3.05, 3.63) is 58.1 Å². The molecule has 6 nitrogen and oxygen atoms in total. The first-order chi connectivity index (χ1) is 13.5. The van der Waals surface area contributed by atoms with E-state index in [4.69, 9.17) is 26.8 Å². The van der Waals surface area contributed by atoms with Crippen LogP contribution >= 0.6 is 11.6 Å². The number of nitrogens with two attached hydrogens (primary N) is 1. The number of nitrogens with one attached hydrogen (secondary N) is 1. The molecule has 0 saturated heterocycles. The van der Waals surface area contributed by atoms with Crippen LogP contribution in [0, 0.1) is 0 Å². The Morgan fingerprint density at radius 1 is 1.24 bits per heavy atom. The number of hydrogen-bond donors (Lipinski definition) is 2. The van der Waals surface area contributed by atoms with E-state index in [1.54, 1.807) is 6.92 Å². The van der Waals surface area contributed by atoms with E-state index in [9.17, 15) is 22.8 Å². The Morgan fingerprint density at radius 2 is 1.93 bits per heavy atom. The number of carbonyl (C=O) groups is 2. The monoisotopic (exact) mass is 430 g/mol. The summed E-state index contributed by atoms with van der Waals surface area (Å²) in [5.74, 6) is -1.18. The number of primary amides is 1. The summed E-state index contributed by atoms with van der Waals surface area (Å²) < 4.78 is 48.9. The highest BCUT2D eigenvalue weighted by Crippen LogP contribution is 2.36. The van der Waals surface area contributed by atoms with Crippen LogP contribution in [0.3, 0.4) is 0 Å². The average Bonchev–Trinajstić information content (AvgIpc) is 2.65. The van der Waals surface area contributed by atoms with Crippen LogP contribution in [0.2, 0.25) is 5.02 Å². The second-order valence-electron chi connectivity index (χ2n) is 6.06. The molecule has 0 aliphatic rings. The molecular formula is C19H18ClF3N2O4. The second kappa shape index (κ2) is 9.04. The predicted molar refractivity (Wildman–Crippen MR) is 100 cm³/mol. The quantitative estimate of drug-likeness (QED) is 0.700. The fraction of sp³-hybridized carbons (Fsp3) is 0.263. The van der Waals surface area contributed by atoms with Crippen LogP contribution in [0.1, 0.15) is 34.5 Å². The van der Waals surface area contributed by atoms with Crippen LogP contribution in [0.25, 0.3) is 0 Å². The van der Waals surface area contributed by atoms with Crippen molar-refractivity contribution in [3.63, 3.8) is 0 Å². The van der Waals surface area contributed by atoms with Crippen molar-refractivity contribution < 1.29 is 32.2 Å². The van der Waals surface area contributed by atoms with Crippen LogP contribution in [-0.4, -0.2) is 25.5 Å². The van der Waals surface area contributed by atoms with Crippen LogP contribution in [0.15, 0.2) is 36.4 Å². The fourth-order valence-corrected chi connectivity index (χ4v) is 2.75. The molecule has 3 N–H and O–H groups in total. The maximum atomic E-state index is 12.9. The lowest BCUT2D eigenvalue weighted by Gasteiger charge is -2.17. The third-order valence-corrected chi connectivity index (χ3v) is 4.19. The number of carbonyl (C=O) groups excluding carboxylic acids is 2. The molecule has 0 heterocycles. The van der Waals surface area contributed by atoms with E-state index < -0.39 is 36.2 Å². The minimum atomic E-state index is -4.48. The Bertz CT molecular complexity index is 919. The lowest BCUT2D eigenvalue weighted by molar-refractivity contribution is -0.137. The molecule has 0 saturated carbocycles. The van der Waals surface area contributed by atoms with Crippen molar-refractivity contribution in [2.24, 2.45) is 5.73 Å². The first kappa shape index (κ1) is 22.4. The van der Waals surface area contributed by atoms with Gasteiger partial charge in [-0.2, -0.15) is 13.2 Å². The van der Waals surface area contributed by atoms with Gasteiger partial charge in [-0.15, -0.1) is 0 Å². The van der Waals surface area contributed by atoms with Gasteiger partial charge < -0.3 is 20.5 Å². The molecule has 2 amide bonds. The first-order valence-electron chi connectivity index (χ1n) is 8.29. The van der Waals surface area contributed by atoms with Gasteiger partial charge >= 0.3 is 6.18 Å². The largest absolute Gasteiger partial charge is 0.493 e. The average molecular weight is 431 g/mol. The molecule has 0 aromatic heterocycles. The standard InChI is InChI=1S/C19H18ClF3N2O4/c1-10(11-4-3-5-13(6-11)19(21,22)23)25-18(27)12-7-14(20)17(15(8-12)28-2)29-9-16(24)26/h3-8,10H,9H2,1-2H3,(H2,24,26)(H,25,27). The first-order valence-corrected chi connectivity index (χ1v) is 8.67. The van der Waals surface area contributed by atoms with Crippen molar-refractivity contribution >= 4 is 23.4 Å². The van der Waals surface area contributed by atoms with Gasteiger partial charge in [0.15, 0.2) is 18.1 Å². The number of ether oxygens (including phenoxy) is 2. The highest BCUT2D eigenvalue weighted by molar-refractivity contribution is 6.32. The van der Waals surface area contributed by atoms with Gasteiger partial charge in [-0.1, -0.05) is 23.7 Å². The third kappa shape index (κ3) is 5.77. The lowest BCUT2D eigenvalue weighted by Crippen LogP contribution is -2.27.